The lowest BCUT2D eigenvalue weighted by Gasteiger charge is -2.33. The number of hydrogen-bond donors (Lipinski definition) is 0. The van der Waals surface area contributed by atoms with Crippen LogP contribution in [0.25, 0.3) is 27.8 Å². The molecule has 5 aromatic rings. The van der Waals surface area contributed by atoms with Crippen molar-refractivity contribution in [3.8, 4) is 11.1 Å². The Labute approximate surface area is 213 Å². The summed E-state index contributed by atoms with van der Waals surface area (Å²) in [5.74, 6) is 0. The summed E-state index contributed by atoms with van der Waals surface area (Å²) in [7, 11) is 0. The third-order valence-corrected chi connectivity index (χ3v) is 6.59. The second kappa shape index (κ2) is 8.99. The number of nitrogens with zero attached hydrogens (tertiary/aromatic N) is 9. The van der Waals surface area contributed by atoms with Crippen molar-refractivity contribution in [2.24, 2.45) is 0 Å². The number of piperidine rings is 1. The van der Waals surface area contributed by atoms with Gasteiger partial charge in [-0.1, -0.05) is 0 Å². The van der Waals surface area contributed by atoms with Crippen molar-refractivity contribution in [1.82, 2.24) is 44.0 Å². The molecule has 0 aromatic carbocycles. The number of carbonyl (C=O) groups excluding carboxylic acids is 1. The summed E-state index contributed by atoms with van der Waals surface area (Å²) in [4.78, 5) is 23.2. The molecule has 0 spiro atoms. The third kappa shape index (κ3) is 4.64. The van der Waals surface area contributed by atoms with Crippen molar-refractivity contribution >= 4 is 22.8 Å². The molecule has 6 heterocycles. The van der Waals surface area contributed by atoms with E-state index < -0.39 is 5.60 Å². The molecule has 0 radical (unpaired) electrons. The second-order valence-corrected chi connectivity index (χ2v) is 10.4. The summed E-state index contributed by atoms with van der Waals surface area (Å²) >= 11 is 0. The molecule has 190 valence electrons. The number of rotatable bonds is 4. The Hall–Kier alpha value is -4.28. The highest BCUT2D eigenvalue weighted by Crippen LogP contribution is 2.28. The first-order valence-corrected chi connectivity index (χ1v) is 12.5. The van der Waals surface area contributed by atoms with Crippen LogP contribution in [0.1, 0.15) is 45.2 Å². The molecule has 6 rings (SSSR count). The topological polar surface area (TPSA) is 108 Å². The van der Waals surface area contributed by atoms with Crippen LogP contribution in [-0.2, 0) is 11.3 Å². The number of ether oxygens (including phenoxy) is 1. The zero-order valence-corrected chi connectivity index (χ0v) is 21.2. The predicted octanol–water partition coefficient (Wildman–Crippen LogP) is 3.96. The Morgan fingerprint density at radius 1 is 1.03 bits per heavy atom. The molecule has 0 saturated carbocycles. The molecule has 0 atom stereocenters. The third-order valence-electron chi connectivity index (χ3n) is 6.59. The first kappa shape index (κ1) is 23.1. The Bertz CT molecular complexity index is 1570. The number of carbonyl (C=O) groups is 1. The molecule has 1 amide bonds. The van der Waals surface area contributed by atoms with Gasteiger partial charge in [0.2, 0.25) is 0 Å². The lowest BCUT2D eigenvalue weighted by atomic mass is 10.1. The van der Waals surface area contributed by atoms with E-state index in [0.717, 1.165) is 46.2 Å². The highest BCUT2D eigenvalue weighted by Gasteiger charge is 2.28. The van der Waals surface area contributed by atoms with Crippen molar-refractivity contribution in [3.05, 3.63) is 61.1 Å². The minimum atomic E-state index is -0.487. The van der Waals surface area contributed by atoms with Crippen LogP contribution in [0.15, 0.2) is 55.5 Å². The molecule has 11 heteroatoms. The van der Waals surface area contributed by atoms with E-state index in [1.54, 1.807) is 21.8 Å². The van der Waals surface area contributed by atoms with Crippen molar-refractivity contribution < 1.29 is 9.53 Å². The maximum Gasteiger partial charge on any atom is 0.410 e. The van der Waals surface area contributed by atoms with Gasteiger partial charge in [-0.25, -0.2) is 14.3 Å². The number of pyridine rings is 1. The van der Waals surface area contributed by atoms with Crippen LogP contribution in [0.2, 0.25) is 0 Å². The first-order valence-electron chi connectivity index (χ1n) is 12.5. The Morgan fingerprint density at radius 2 is 1.86 bits per heavy atom. The maximum atomic E-state index is 12.4. The highest BCUT2D eigenvalue weighted by molar-refractivity contribution is 5.80. The van der Waals surface area contributed by atoms with Gasteiger partial charge in [0.05, 0.1) is 36.7 Å². The number of likely N-dealkylation sites (tertiary alicyclic amines) is 1. The minimum absolute atomic E-state index is 0.234. The van der Waals surface area contributed by atoms with Crippen LogP contribution >= 0.6 is 0 Å². The second-order valence-electron chi connectivity index (χ2n) is 10.4. The van der Waals surface area contributed by atoms with Crippen LogP contribution < -0.4 is 0 Å². The molecular formula is C26H29N9O2. The van der Waals surface area contributed by atoms with E-state index in [9.17, 15) is 4.79 Å². The van der Waals surface area contributed by atoms with Crippen molar-refractivity contribution in [2.75, 3.05) is 13.1 Å². The summed E-state index contributed by atoms with van der Waals surface area (Å²) < 4.78 is 11.2. The zero-order chi connectivity index (χ0) is 25.6. The molecule has 0 N–H and O–H groups in total. The molecular weight excluding hydrogens is 470 g/mol. The SMILES string of the molecule is CC(C)(C)OC(=O)N1CCC(n2cc(-c3cnc4cnn(Cc5cnn6cccnc56)c4c3)cn2)CC1. The molecule has 37 heavy (non-hydrogen) atoms. The number of hydrogen-bond acceptors (Lipinski definition) is 7. The number of fused-ring (bicyclic) bond motifs is 2. The minimum Gasteiger partial charge on any atom is -0.444 e. The van der Waals surface area contributed by atoms with E-state index in [4.69, 9.17) is 4.74 Å². The van der Waals surface area contributed by atoms with Crippen LogP contribution in [0, 0.1) is 0 Å². The Morgan fingerprint density at radius 3 is 2.68 bits per heavy atom. The summed E-state index contributed by atoms with van der Waals surface area (Å²) in [6.07, 6.45) is 14.5. The van der Waals surface area contributed by atoms with Gasteiger partial charge in [-0.05, 0) is 45.7 Å². The van der Waals surface area contributed by atoms with Crippen LogP contribution in [0.3, 0.4) is 0 Å². The summed E-state index contributed by atoms with van der Waals surface area (Å²) in [6.45, 7) is 7.52. The summed E-state index contributed by atoms with van der Waals surface area (Å²) in [5.41, 5.74) is 5.05. The van der Waals surface area contributed by atoms with Crippen molar-refractivity contribution in [1.29, 1.82) is 0 Å². The monoisotopic (exact) mass is 499 g/mol. The van der Waals surface area contributed by atoms with Crippen molar-refractivity contribution in [2.45, 2.75) is 51.8 Å². The molecule has 1 fully saturated rings. The van der Waals surface area contributed by atoms with E-state index in [0.29, 0.717) is 19.6 Å². The summed E-state index contributed by atoms with van der Waals surface area (Å²) in [6, 6.07) is 4.19. The van der Waals surface area contributed by atoms with E-state index in [2.05, 4.69) is 37.5 Å². The molecule has 1 aliphatic heterocycles. The fourth-order valence-corrected chi connectivity index (χ4v) is 4.72. The molecule has 11 nitrogen and oxygen atoms in total. The van der Waals surface area contributed by atoms with Gasteiger partial charge in [-0.3, -0.25) is 14.3 Å². The van der Waals surface area contributed by atoms with E-state index in [1.165, 1.54) is 0 Å². The molecule has 0 bridgehead atoms. The highest BCUT2D eigenvalue weighted by atomic mass is 16.6. The average Bonchev–Trinajstić information content (AvgIpc) is 3.62. The average molecular weight is 500 g/mol. The maximum absolute atomic E-state index is 12.4. The van der Waals surface area contributed by atoms with Gasteiger partial charge in [-0.2, -0.15) is 15.3 Å². The van der Waals surface area contributed by atoms with Gasteiger partial charge < -0.3 is 9.64 Å². The van der Waals surface area contributed by atoms with Crippen LogP contribution in [0.5, 0.6) is 0 Å². The van der Waals surface area contributed by atoms with Gasteiger partial charge in [0.1, 0.15) is 11.1 Å². The zero-order valence-electron chi connectivity index (χ0n) is 21.2. The van der Waals surface area contributed by atoms with E-state index in [-0.39, 0.29) is 12.1 Å². The van der Waals surface area contributed by atoms with Gasteiger partial charge in [0, 0.05) is 54.6 Å². The Kier molecular flexibility index (Phi) is 5.62. The van der Waals surface area contributed by atoms with E-state index >= 15 is 0 Å². The van der Waals surface area contributed by atoms with Gasteiger partial charge in [0.15, 0.2) is 5.65 Å². The molecule has 0 aliphatic carbocycles. The quantitative estimate of drug-likeness (QED) is 0.368. The fourth-order valence-electron chi connectivity index (χ4n) is 4.72. The van der Waals surface area contributed by atoms with Gasteiger partial charge >= 0.3 is 6.09 Å². The van der Waals surface area contributed by atoms with Crippen molar-refractivity contribution in [3.63, 3.8) is 0 Å². The van der Waals surface area contributed by atoms with Crippen LogP contribution in [-0.4, -0.2) is 68.8 Å². The summed E-state index contributed by atoms with van der Waals surface area (Å²) in [5, 5.41) is 13.6. The standard InChI is InChI=1S/C26H29N9O2/c1-26(2,3)37-25(36)32-9-5-21(6-10-32)34-16-19(13-30-34)18-11-23-22(28-12-18)15-31-35(23)17-20-14-29-33-8-4-7-27-24(20)33/h4,7-8,11-16,21H,5-6,9-10,17H2,1-3H3. The number of amides is 1. The normalized spacial score (nSPS) is 15.1. The smallest absolute Gasteiger partial charge is 0.410 e. The molecule has 1 saturated heterocycles. The van der Waals surface area contributed by atoms with Gasteiger partial charge in [0.25, 0.3) is 0 Å². The lowest BCUT2D eigenvalue weighted by Crippen LogP contribution is -2.42. The first-order chi connectivity index (χ1) is 17.8. The molecule has 0 unspecified atom stereocenters. The van der Waals surface area contributed by atoms with E-state index in [1.807, 2.05) is 61.0 Å². The number of aromatic nitrogens is 8. The van der Waals surface area contributed by atoms with Gasteiger partial charge in [-0.15, -0.1) is 0 Å². The largest absolute Gasteiger partial charge is 0.444 e. The predicted molar refractivity (Wildman–Crippen MR) is 137 cm³/mol. The molecule has 5 aromatic heterocycles. The fraction of sp³-hybridized carbons (Fsp3) is 0.385. The lowest BCUT2D eigenvalue weighted by molar-refractivity contribution is 0.0185. The van der Waals surface area contributed by atoms with Crippen LogP contribution in [0.4, 0.5) is 4.79 Å². The Balaban J connectivity index is 1.18. The molecule has 1 aliphatic rings.